The number of hydrogen-bond acceptors (Lipinski definition) is 4. The zero-order chi connectivity index (χ0) is 19.9. The van der Waals surface area contributed by atoms with Gasteiger partial charge >= 0.3 is 5.97 Å². The van der Waals surface area contributed by atoms with Crippen LogP contribution in [0.2, 0.25) is 18.1 Å². The quantitative estimate of drug-likeness (QED) is 0.604. The highest BCUT2D eigenvalue weighted by atomic mass is 28.4. The average Bonchev–Trinajstić information content (AvgIpc) is 2.51. The van der Waals surface area contributed by atoms with Gasteiger partial charge < -0.3 is 14.3 Å². The van der Waals surface area contributed by atoms with E-state index in [1.165, 1.54) is 4.90 Å². The Morgan fingerprint density at radius 1 is 1.23 bits per heavy atom. The molecule has 1 aliphatic rings. The minimum atomic E-state index is -2.10. The number of nitrogens with zero attached hydrogens (tertiary/aromatic N) is 1. The first-order chi connectivity index (χ1) is 11.9. The number of carbonyl (C=O) groups excluding carboxylic acids is 1. The van der Waals surface area contributed by atoms with Crippen molar-refractivity contribution in [3.63, 3.8) is 0 Å². The molecule has 0 radical (unpaired) electrons. The third-order valence-corrected chi connectivity index (χ3v) is 10.1. The molecule has 0 aliphatic carbocycles. The summed E-state index contributed by atoms with van der Waals surface area (Å²) in [6.45, 7) is 12.4. The Bertz CT molecular complexity index is 680. The Morgan fingerprint density at radius 2 is 1.77 bits per heavy atom. The molecule has 6 nitrogen and oxygen atoms in total. The maximum atomic E-state index is 12.8. The average molecular weight is 380 g/mol. The fourth-order valence-electron chi connectivity index (χ4n) is 2.98. The molecule has 1 fully saturated rings. The first-order valence-corrected chi connectivity index (χ1v) is 11.7. The molecule has 7 heteroatoms. The lowest BCUT2D eigenvalue weighted by atomic mass is 9.82. The monoisotopic (exact) mass is 379 g/mol. The number of benzene rings is 1. The Balaban J connectivity index is 2.23. The van der Waals surface area contributed by atoms with Crippen LogP contribution in [-0.2, 0) is 14.0 Å². The van der Waals surface area contributed by atoms with Gasteiger partial charge in [-0.1, -0.05) is 20.8 Å². The Labute approximate surface area is 156 Å². The lowest BCUT2D eigenvalue weighted by Crippen LogP contribution is -2.69. The van der Waals surface area contributed by atoms with E-state index in [9.17, 15) is 14.7 Å². The van der Waals surface area contributed by atoms with Crippen molar-refractivity contribution in [1.29, 1.82) is 0 Å². The van der Waals surface area contributed by atoms with Gasteiger partial charge in [0.1, 0.15) is 11.8 Å². The zero-order valence-corrected chi connectivity index (χ0v) is 17.6. The van der Waals surface area contributed by atoms with Gasteiger partial charge in [0.15, 0.2) is 8.32 Å². The molecule has 1 amide bonds. The molecule has 1 aliphatic heterocycles. The van der Waals surface area contributed by atoms with Gasteiger partial charge in [0.2, 0.25) is 5.91 Å². The van der Waals surface area contributed by atoms with Crippen molar-refractivity contribution < 1.29 is 23.9 Å². The molecule has 144 valence electrons. The van der Waals surface area contributed by atoms with E-state index >= 15 is 0 Å². The summed E-state index contributed by atoms with van der Waals surface area (Å²) in [6, 6.07) is 5.90. The van der Waals surface area contributed by atoms with Gasteiger partial charge in [0.25, 0.3) is 0 Å². The van der Waals surface area contributed by atoms with Crippen LogP contribution in [0, 0.1) is 5.92 Å². The number of amides is 1. The highest BCUT2D eigenvalue weighted by Gasteiger charge is 2.56. The molecule has 2 rings (SSSR count). The first-order valence-electron chi connectivity index (χ1n) is 8.78. The molecule has 0 unspecified atom stereocenters. The summed E-state index contributed by atoms with van der Waals surface area (Å²) in [5.41, 5.74) is 0.555. The van der Waals surface area contributed by atoms with Gasteiger partial charge in [0.05, 0.1) is 19.1 Å². The summed E-state index contributed by atoms with van der Waals surface area (Å²) in [6.07, 6.45) is -0.445. The summed E-state index contributed by atoms with van der Waals surface area (Å²) in [5.74, 6) is -1.26. The summed E-state index contributed by atoms with van der Waals surface area (Å²) in [7, 11) is -0.546. The third kappa shape index (κ3) is 3.64. The molecule has 26 heavy (non-hydrogen) atoms. The number of anilines is 1. The summed E-state index contributed by atoms with van der Waals surface area (Å²) < 4.78 is 11.4. The molecule has 1 aromatic rings. The molecule has 0 saturated carbocycles. The largest absolute Gasteiger partial charge is 0.497 e. The van der Waals surface area contributed by atoms with Crippen molar-refractivity contribution in [2.75, 3.05) is 12.0 Å². The smallest absolute Gasteiger partial charge is 0.327 e. The normalized spacial score (nSPS) is 22.0. The van der Waals surface area contributed by atoms with Crippen LogP contribution in [0.25, 0.3) is 0 Å². The molecule has 1 aromatic carbocycles. The second kappa shape index (κ2) is 7.04. The SMILES string of the molecule is COc1ccc(N2C(=O)[C@H]([C@@H](C)O[Si](C)(C)C(C)(C)C)[C@@H]2C(=O)O)cc1. The molecular formula is C19H29NO5Si. The second-order valence-corrected chi connectivity index (χ2v) is 13.1. The number of rotatable bonds is 6. The van der Waals surface area contributed by atoms with E-state index in [0.29, 0.717) is 11.4 Å². The number of carboxylic acid groups (broad SMARTS) is 1. The standard InChI is InChI=1S/C19H29NO5Si/c1-12(25-26(6,7)19(2,3)4)15-16(18(22)23)20(17(15)21)13-8-10-14(24-5)11-9-13/h8-12,15-16H,1-7H3,(H,22,23)/t12-,15-,16-/m1/s1. The van der Waals surface area contributed by atoms with Crippen molar-refractivity contribution >= 4 is 25.9 Å². The number of carboxylic acids is 1. The van der Waals surface area contributed by atoms with Crippen LogP contribution in [0.1, 0.15) is 27.7 Å². The number of methoxy groups -OCH3 is 1. The molecule has 0 spiro atoms. The molecule has 1 N–H and O–H groups in total. The van der Waals surface area contributed by atoms with Gasteiger partial charge in [-0.15, -0.1) is 0 Å². The third-order valence-electron chi connectivity index (χ3n) is 5.54. The fraction of sp³-hybridized carbons (Fsp3) is 0.579. The van der Waals surface area contributed by atoms with Crippen LogP contribution in [0.4, 0.5) is 5.69 Å². The minimum absolute atomic E-state index is 0.0115. The number of hydrogen-bond donors (Lipinski definition) is 1. The predicted octanol–water partition coefficient (Wildman–Crippen LogP) is 3.52. The summed E-state index contributed by atoms with van der Waals surface area (Å²) in [5, 5.41) is 9.69. The van der Waals surface area contributed by atoms with Crippen LogP contribution in [-0.4, -0.2) is 44.6 Å². The van der Waals surface area contributed by atoms with E-state index in [4.69, 9.17) is 9.16 Å². The van der Waals surface area contributed by atoms with Gasteiger partial charge in [-0.25, -0.2) is 4.79 Å². The summed E-state index contributed by atoms with van der Waals surface area (Å²) in [4.78, 5) is 26.0. The zero-order valence-electron chi connectivity index (χ0n) is 16.6. The highest BCUT2D eigenvalue weighted by molar-refractivity contribution is 6.74. The number of aliphatic carboxylic acids is 1. The van der Waals surface area contributed by atoms with Gasteiger partial charge in [-0.3, -0.25) is 9.69 Å². The maximum Gasteiger partial charge on any atom is 0.327 e. The Kier molecular flexibility index (Phi) is 5.54. The van der Waals surface area contributed by atoms with E-state index in [2.05, 4.69) is 33.9 Å². The lowest BCUT2D eigenvalue weighted by molar-refractivity contribution is -0.152. The van der Waals surface area contributed by atoms with Gasteiger partial charge in [-0.05, 0) is 49.3 Å². The topological polar surface area (TPSA) is 76.1 Å². The molecule has 3 atom stereocenters. The summed E-state index contributed by atoms with van der Waals surface area (Å²) >= 11 is 0. The van der Waals surface area contributed by atoms with E-state index < -0.39 is 32.4 Å². The first kappa shape index (κ1) is 20.4. The molecule has 0 aromatic heterocycles. The van der Waals surface area contributed by atoms with Crippen molar-refractivity contribution in [3.05, 3.63) is 24.3 Å². The van der Waals surface area contributed by atoms with E-state index in [1.54, 1.807) is 31.4 Å². The lowest BCUT2D eigenvalue weighted by Gasteiger charge is -2.49. The molecule has 1 saturated heterocycles. The fourth-order valence-corrected chi connectivity index (χ4v) is 4.41. The highest BCUT2D eigenvalue weighted by Crippen LogP contribution is 2.41. The molecule has 0 bridgehead atoms. The maximum absolute atomic E-state index is 12.8. The van der Waals surface area contributed by atoms with Crippen LogP contribution in [0.15, 0.2) is 24.3 Å². The Morgan fingerprint density at radius 3 is 2.19 bits per heavy atom. The Hall–Kier alpha value is -1.86. The predicted molar refractivity (Wildman–Crippen MR) is 103 cm³/mol. The second-order valence-electron chi connectivity index (χ2n) is 8.30. The van der Waals surface area contributed by atoms with Crippen molar-refractivity contribution in [3.8, 4) is 5.75 Å². The van der Waals surface area contributed by atoms with Crippen molar-refractivity contribution in [1.82, 2.24) is 0 Å². The van der Waals surface area contributed by atoms with Crippen LogP contribution < -0.4 is 9.64 Å². The van der Waals surface area contributed by atoms with Crippen molar-refractivity contribution in [2.24, 2.45) is 5.92 Å². The number of β-lactam (4-membered cyclic amide) rings is 1. The number of carbonyl (C=O) groups is 2. The van der Waals surface area contributed by atoms with E-state index in [-0.39, 0.29) is 10.9 Å². The van der Waals surface area contributed by atoms with E-state index in [1.807, 2.05) is 6.92 Å². The van der Waals surface area contributed by atoms with Crippen LogP contribution in [0.3, 0.4) is 0 Å². The molecular weight excluding hydrogens is 350 g/mol. The number of ether oxygens (including phenoxy) is 1. The molecule has 1 heterocycles. The van der Waals surface area contributed by atoms with Gasteiger partial charge in [0, 0.05) is 5.69 Å². The van der Waals surface area contributed by atoms with Crippen LogP contribution >= 0.6 is 0 Å². The van der Waals surface area contributed by atoms with Crippen molar-refractivity contribution in [2.45, 2.75) is 58.0 Å². The van der Waals surface area contributed by atoms with Crippen LogP contribution in [0.5, 0.6) is 5.75 Å². The van der Waals surface area contributed by atoms with E-state index in [0.717, 1.165) is 0 Å². The minimum Gasteiger partial charge on any atom is -0.497 e. The van der Waals surface area contributed by atoms with Gasteiger partial charge in [-0.2, -0.15) is 0 Å².